The van der Waals surface area contributed by atoms with Gasteiger partial charge >= 0.3 is 5.97 Å². The molecule has 2 nitrogen and oxygen atoms in total. The lowest BCUT2D eigenvalue weighted by Crippen LogP contribution is -2.46. The number of rotatable bonds is 2. The lowest BCUT2D eigenvalue weighted by Gasteiger charge is -2.45. The second kappa shape index (κ2) is 5.36. The molecule has 0 unspecified atom stereocenters. The van der Waals surface area contributed by atoms with Crippen molar-refractivity contribution in [2.45, 2.75) is 52.9 Å². The summed E-state index contributed by atoms with van der Waals surface area (Å²) in [6, 6.07) is 9.41. The van der Waals surface area contributed by atoms with Crippen LogP contribution in [-0.4, -0.2) is 5.97 Å². The van der Waals surface area contributed by atoms with Crippen LogP contribution in [0.15, 0.2) is 30.3 Å². The van der Waals surface area contributed by atoms with Gasteiger partial charge in [-0.1, -0.05) is 58.2 Å². The molecule has 1 aromatic rings. The summed E-state index contributed by atoms with van der Waals surface area (Å²) in [5.74, 6) is 0.604. The van der Waals surface area contributed by atoms with Gasteiger partial charge in [-0.15, -0.1) is 0 Å². The minimum atomic E-state index is -0.332. The van der Waals surface area contributed by atoms with Crippen LogP contribution in [0.1, 0.15) is 52.9 Å². The van der Waals surface area contributed by atoms with E-state index in [1.807, 2.05) is 30.3 Å². The monoisotopic (exact) mass is 260 g/mol. The van der Waals surface area contributed by atoms with Crippen LogP contribution in [0.4, 0.5) is 0 Å². The van der Waals surface area contributed by atoms with Crippen LogP contribution in [0.25, 0.3) is 0 Å². The fourth-order valence-electron chi connectivity index (χ4n) is 3.11. The van der Waals surface area contributed by atoms with Crippen molar-refractivity contribution in [2.75, 3.05) is 0 Å². The van der Waals surface area contributed by atoms with Gasteiger partial charge in [0, 0.05) is 0 Å². The van der Waals surface area contributed by atoms with Crippen LogP contribution < -0.4 is 4.74 Å². The average Bonchev–Trinajstić information content (AvgIpc) is 2.39. The van der Waals surface area contributed by atoms with Crippen molar-refractivity contribution in [2.24, 2.45) is 10.8 Å². The zero-order valence-corrected chi connectivity index (χ0v) is 12.2. The molecular weight excluding hydrogens is 236 g/mol. The molecule has 0 spiro atoms. The smallest absolute Gasteiger partial charge is 0.317 e. The summed E-state index contributed by atoms with van der Waals surface area (Å²) in [4.78, 5) is 12.7. The van der Waals surface area contributed by atoms with Crippen LogP contribution >= 0.6 is 0 Å². The van der Waals surface area contributed by atoms with E-state index < -0.39 is 0 Å². The van der Waals surface area contributed by atoms with Crippen LogP contribution in [0, 0.1) is 10.8 Å². The summed E-state index contributed by atoms with van der Waals surface area (Å²) in [5.41, 5.74) is -0.389. The maximum atomic E-state index is 12.7. The van der Waals surface area contributed by atoms with Crippen molar-refractivity contribution >= 4 is 5.97 Å². The fraction of sp³-hybridized carbons (Fsp3) is 0.588. The Balaban J connectivity index is 2.22. The predicted molar refractivity (Wildman–Crippen MR) is 77.1 cm³/mol. The molecular formula is C17H24O2. The van der Waals surface area contributed by atoms with Gasteiger partial charge in [-0.3, -0.25) is 4.79 Å². The first kappa shape index (κ1) is 14.1. The largest absolute Gasteiger partial charge is 0.426 e. The molecule has 104 valence electrons. The Morgan fingerprint density at radius 2 is 1.63 bits per heavy atom. The molecule has 0 amide bonds. The van der Waals surface area contributed by atoms with Gasteiger partial charge in [0.1, 0.15) is 5.75 Å². The summed E-state index contributed by atoms with van der Waals surface area (Å²) in [5, 5.41) is 0. The second-order valence-electron chi connectivity index (χ2n) is 6.60. The molecule has 0 atom stereocenters. The van der Waals surface area contributed by atoms with Crippen molar-refractivity contribution in [1.29, 1.82) is 0 Å². The molecule has 0 aromatic heterocycles. The molecule has 0 aliphatic heterocycles. The highest BCUT2D eigenvalue weighted by Crippen LogP contribution is 2.50. The van der Waals surface area contributed by atoms with E-state index in [1.165, 1.54) is 6.42 Å². The Labute approximate surface area is 116 Å². The first-order chi connectivity index (χ1) is 8.96. The number of carbonyl (C=O) groups excluding carboxylic acids is 1. The molecule has 0 radical (unpaired) electrons. The van der Waals surface area contributed by atoms with E-state index in [0.29, 0.717) is 5.75 Å². The normalized spacial score (nSPS) is 18.9. The quantitative estimate of drug-likeness (QED) is 0.574. The van der Waals surface area contributed by atoms with E-state index in [4.69, 9.17) is 4.74 Å². The first-order valence-electron chi connectivity index (χ1n) is 7.23. The minimum absolute atomic E-state index is 0.0501. The summed E-state index contributed by atoms with van der Waals surface area (Å²) in [6.45, 7) is 6.47. The molecule has 0 N–H and O–H groups in total. The van der Waals surface area contributed by atoms with Gasteiger partial charge in [-0.2, -0.15) is 0 Å². The van der Waals surface area contributed by atoms with E-state index in [9.17, 15) is 4.79 Å². The summed E-state index contributed by atoms with van der Waals surface area (Å²) in [6.07, 6.45) is 5.38. The van der Waals surface area contributed by atoms with Gasteiger partial charge in [0.05, 0.1) is 5.41 Å². The lowest BCUT2D eigenvalue weighted by atomic mass is 9.59. The molecule has 1 aliphatic carbocycles. The molecule has 1 fully saturated rings. The van der Waals surface area contributed by atoms with Crippen molar-refractivity contribution in [3.63, 3.8) is 0 Å². The lowest BCUT2D eigenvalue weighted by molar-refractivity contribution is -0.156. The van der Waals surface area contributed by atoms with E-state index in [0.717, 1.165) is 25.7 Å². The average molecular weight is 260 g/mol. The zero-order chi connectivity index (χ0) is 13.9. The summed E-state index contributed by atoms with van der Waals surface area (Å²) in [7, 11) is 0. The van der Waals surface area contributed by atoms with Crippen molar-refractivity contribution < 1.29 is 9.53 Å². The van der Waals surface area contributed by atoms with Gasteiger partial charge in [-0.25, -0.2) is 0 Å². The molecule has 19 heavy (non-hydrogen) atoms. The number of hydrogen-bond acceptors (Lipinski definition) is 2. The van der Waals surface area contributed by atoms with Gasteiger partial charge in [-0.05, 0) is 30.4 Å². The Kier molecular flexibility index (Phi) is 3.98. The molecule has 0 bridgehead atoms. The van der Waals surface area contributed by atoms with Gasteiger partial charge in [0.15, 0.2) is 0 Å². The van der Waals surface area contributed by atoms with Crippen LogP contribution in [0.2, 0.25) is 0 Å². The highest BCUT2D eigenvalue weighted by Gasteiger charge is 2.50. The molecule has 2 rings (SSSR count). The van der Waals surface area contributed by atoms with E-state index in [-0.39, 0.29) is 16.8 Å². The number of benzene rings is 1. The van der Waals surface area contributed by atoms with Gasteiger partial charge < -0.3 is 4.74 Å². The second-order valence-corrected chi connectivity index (χ2v) is 6.60. The van der Waals surface area contributed by atoms with E-state index >= 15 is 0 Å². The van der Waals surface area contributed by atoms with Crippen molar-refractivity contribution in [3.8, 4) is 5.75 Å². The minimum Gasteiger partial charge on any atom is -0.426 e. The fourth-order valence-corrected chi connectivity index (χ4v) is 3.11. The first-order valence-corrected chi connectivity index (χ1v) is 7.23. The summed E-state index contributed by atoms with van der Waals surface area (Å²) >= 11 is 0. The topological polar surface area (TPSA) is 26.3 Å². The van der Waals surface area contributed by atoms with Crippen LogP contribution in [0.3, 0.4) is 0 Å². The van der Waals surface area contributed by atoms with Crippen molar-refractivity contribution in [3.05, 3.63) is 30.3 Å². The summed E-state index contributed by atoms with van der Waals surface area (Å²) < 4.78 is 5.64. The number of ether oxygens (including phenoxy) is 1. The number of esters is 1. The third-order valence-corrected chi connectivity index (χ3v) is 4.49. The Morgan fingerprint density at radius 3 is 2.16 bits per heavy atom. The van der Waals surface area contributed by atoms with Crippen LogP contribution in [0.5, 0.6) is 5.75 Å². The third kappa shape index (κ3) is 2.83. The van der Waals surface area contributed by atoms with Crippen molar-refractivity contribution in [1.82, 2.24) is 0 Å². The van der Waals surface area contributed by atoms with Gasteiger partial charge in [0.25, 0.3) is 0 Å². The molecule has 1 aliphatic rings. The molecule has 1 aromatic carbocycles. The Hall–Kier alpha value is -1.31. The molecule has 0 saturated heterocycles. The Bertz CT molecular complexity index is 422. The molecule has 2 heteroatoms. The highest BCUT2D eigenvalue weighted by atomic mass is 16.5. The zero-order valence-electron chi connectivity index (χ0n) is 12.2. The van der Waals surface area contributed by atoms with E-state index in [2.05, 4.69) is 20.8 Å². The molecule has 1 saturated carbocycles. The third-order valence-electron chi connectivity index (χ3n) is 4.49. The maximum absolute atomic E-state index is 12.7. The van der Waals surface area contributed by atoms with E-state index in [1.54, 1.807) is 0 Å². The Morgan fingerprint density at radius 1 is 1.05 bits per heavy atom. The molecule has 0 heterocycles. The number of carbonyl (C=O) groups is 1. The predicted octanol–water partition coefficient (Wildman–Crippen LogP) is 4.59. The standard InChI is InChI=1S/C17H24O2/c1-16(2,3)17(12-8-5-9-13-17)15(18)19-14-10-6-4-7-11-14/h4,6-7,10-11H,5,8-9,12-13H2,1-3H3. The van der Waals surface area contributed by atoms with Crippen LogP contribution in [-0.2, 0) is 4.79 Å². The number of hydrogen-bond donors (Lipinski definition) is 0. The van der Waals surface area contributed by atoms with Gasteiger partial charge in [0.2, 0.25) is 0 Å². The SMILES string of the molecule is CC(C)(C)C1(C(=O)Oc2ccccc2)CCCCC1. The number of para-hydroxylation sites is 1. The maximum Gasteiger partial charge on any atom is 0.317 e. The highest BCUT2D eigenvalue weighted by molar-refractivity contribution is 5.80.